The maximum atomic E-state index is 2.25. The van der Waals surface area contributed by atoms with Crippen LogP contribution in [0.15, 0.2) is 42.5 Å². The lowest BCUT2D eigenvalue weighted by atomic mass is 9.96. The first kappa shape index (κ1) is 12.8. The van der Waals surface area contributed by atoms with Gasteiger partial charge < -0.3 is 0 Å². The Balaban J connectivity index is 0.000000386. The summed E-state index contributed by atoms with van der Waals surface area (Å²) in [5.41, 5.74) is 4.18. The summed E-state index contributed by atoms with van der Waals surface area (Å²) in [6.45, 7) is 6.39. The van der Waals surface area contributed by atoms with Crippen molar-refractivity contribution in [1.29, 1.82) is 0 Å². The molecule has 0 heteroatoms. The SMILES string of the molecule is CCC.Cc1cccc(C2=CC=CCC2)c1. The minimum absolute atomic E-state index is 1.18. The van der Waals surface area contributed by atoms with Crippen molar-refractivity contribution >= 4 is 5.57 Å². The molecule has 0 fully saturated rings. The smallest absolute Gasteiger partial charge is 0.0222 e. The molecule has 0 N–H and O–H groups in total. The third-order valence-corrected chi connectivity index (χ3v) is 2.40. The van der Waals surface area contributed by atoms with Crippen molar-refractivity contribution in [3.05, 3.63) is 53.6 Å². The van der Waals surface area contributed by atoms with Crippen molar-refractivity contribution in [2.75, 3.05) is 0 Å². The van der Waals surface area contributed by atoms with Crippen LogP contribution in [0, 0.1) is 6.92 Å². The van der Waals surface area contributed by atoms with Crippen LogP contribution >= 0.6 is 0 Å². The van der Waals surface area contributed by atoms with E-state index in [1.807, 2.05) is 0 Å². The minimum atomic E-state index is 1.18. The lowest BCUT2D eigenvalue weighted by Crippen LogP contribution is -1.88. The molecule has 16 heavy (non-hydrogen) atoms. The largest absolute Gasteiger partial charge is 0.0842 e. The van der Waals surface area contributed by atoms with Gasteiger partial charge in [-0.25, -0.2) is 0 Å². The lowest BCUT2D eigenvalue weighted by Gasteiger charge is -2.09. The van der Waals surface area contributed by atoms with E-state index in [1.54, 1.807) is 0 Å². The van der Waals surface area contributed by atoms with E-state index in [0.29, 0.717) is 0 Å². The Morgan fingerprint density at radius 2 is 1.94 bits per heavy atom. The molecule has 0 amide bonds. The molecule has 0 saturated carbocycles. The van der Waals surface area contributed by atoms with Crippen LogP contribution in [0.4, 0.5) is 0 Å². The number of benzene rings is 1. The zero-order chi connectivity index (χ0) is 11.8. The summed E-state index contributed by atoms with van der Waals surface area (Å²) in [6.07, 6.45) is 10.2. The van der Waals surface area contributed by atoms with E-state index in [0.717, 1.165) is 0 Å². The second kappa shape index (κ2) is 7.05. The van der Waals surface area contributed by atoms with Crippen LogP contribution in [-0.2, 0) is 0 Å². The Kier molecular flexibility index (Phi) is 5.63. The third-order valence-electron chi connectivity index (χ3n) is 2.40. The fraction of sp³-hybridized carbons (Fsp3) is 0.375. The Morgan fingerprint density at radius 1 is 1.19 bits per heavy atom. The molecule has 0 aliphatic heterocycles. The highest BCUT2D eigenvalue weighted by Crippen LogP contribution is 2.23. The van der Waals surface area contributed by atoms with Crippen molar-refractivity contribution in [3.63, 3.8) is 0 Å². The van der Waals surface area contributed by atoms with Crippen molar-refractivity contribution in [1.82, 2.24) is 0 Å². The summed E-state index contributed by atoms with van der Waals surface area (Å²) in [5, 5.41) is 0. The quantitative estimate of drug-likeness (QED) is 0.607. The molecule has 1 aromatic carbocycles. The topological polar surface area (TPSA) is 0 Å². The molecular formula is C16H22. The van der Waals surface area contributed by atoms with E-state index in [1.165, 1.54) is 36.0 Å². The van der Waals surface area contributed by atoms with Crippen LogP contribution in [-0.4, -0.2) is 0 Å². The standard InChI is InChI=1S/C13H14.C3H8/c1-11-6-5-9-13(10-11)12-7-3-2-4-8-12;1-3-2/h2-3,5-7,9-10H,4,8H2,1H3;3H2,1-2H3. The number of allylic oxidation sites excluding steroid dienone is 4. The van der Waals surface area contributed by atoms with Crippen molar-refractivity contribution in [2.45, 2.75) is 40.0 Å². The number of aryl methyl sites for hydroxylation is 1. The Hall–Kier alpha value is -1.30. The van der Waals surface area contributed by atoms with Gasteiger partial charge >= 0.3 is 0 Å². The van der Waals surface area contributed by atoms with Gasteiger partial charge in [-0.3, -0.25) is 0 Å². The molecule has 0 bridgehead atoms. The zero-order valence-electron chi connectivity index (χ0n) is 10.7. The molecule has 0 radical (unpaired) electrons. The van der Waals surface area contributed by atoms with Gasteiger partial charge in [0.15, 0.2) is 0 Å². The Labute approximate surface area is 99.7 Å². The second-order valence-electron chi connectivity index (χ2n) is 4.24. The fourth-order valence-corrected chi connectivity index (χ4v) is 1.69. The summed E-state index contributed by atoms with van der Waals surface area (Å²) >= 11 is 0. The van der Waals surface area contributed by atoms with Gasteiger partial charge in [-0.1, -0.05) is 68.3 Å². The predicted molar refractivity (Wildman–Crippen MR) is 73.5 cm³/mol. The van der Waals surface area contributed by atoms with Crippen LogP contribution in [0.5, 0.6) is 0 Å². The van der Waals surface area contributed by atoms with Crippen LogP contribution in [0.25, 0.3) is 5.57 Å². The molecule has 1 aliphatic rings. The maximum Gasteiger partial charge on any atom is -0.0222 e. The van der Waals surface area contributed by atoms with Crippen LogP contribution < -0.4 is 0 Å². The third kappa shape index (κ3) is 4.06. The summed E-state index contributed by atoms with van der Waals surface area (Å²) in [5.74, 6) is 0. The molecule has 2 rings (SSSR count). The minimum Gasteiger partial charge on any atom is -0.0842 e. The van der Waals surface area contributed by atoms with Crippen LogP contribution in [0.1, 0.15) is 44.2 Å². The first-order chi connectivity index (χ1) is 7.77. The highest BCUT2D eigenvalue weighted by molar-refractivity contribution is 5.68. The van der Waals surface area contributed by atoms with E-state index in [4.69, 9.17) is 0 Å². The number of hydrogen-bond acceptors (Lipinski definition) is 0. The van der Waals surface area contributed by atoms with E-state index in [2.05, 4.69) is 63.3 Å². The summed E-state index contributed by atoms with van der Waals surface area (Å²) in [7, 11) is 0. The molecule has 0 heterocycles. The van der Waals surface area contributed by atoms with Gasteiger partial charge in [-0.15, -0.1) is 0 Å². The molecule has 0 unspecified atom stereocenters. The second-order valence-corrected chi connectivity index (χ2v) is 4.24. The van der Waals surface area contributed by atoms with Gasteiger partial charge in [0.1, 0.15) is 0 Å². The van der Waals surface area contributed by atoms with E-state index in [-0.39, 0.29) is 0 Å². The van der Waals surface area contributed by atoms with Gasteiger partial charge in [0.25, 0.3) is 0 Å². The van der Waals surface area contributed by atoms with E-state index < -0.39 is 0 Å². The van der Waals surface area contributed by atoms with Gasteiger partial charge in [0.05, 0.1) is 0 Å². The molecule has 0 atom stereocenters. The van der Waals surface area contributed by atoms with Gasteiger partial charge in [0, 0.05) is 0 Å². The Bertz CT molecular complexity index is 369. The molecule has 0 nitrogen and oxygen atoms in total. The zero-order valence-corrected chi connectivity index (χ0v) is 10.7. The summed E-state index contributed by atoms with van der Waals surface area (Å²) in [4.78, 5) is 0. The first-order valence-corrected chi connectivity index (χ1v) is 6.20. The molecule has 0 aromatic heterocycles. The highest BCUT2D eigenvalue weighted by atomic mass is 14.1. The van der Waals surface area contributed by atoms with Gasteiger partial charge in [-0.05, 0) is 30.9 Å². The van der Waals surface area contributed by atoms with Crippen LogP contribution in [0.3, 0.4) is 0 Å². The molecular weight excluding hydrogens is 192 g/mol. The maximum absolute atomic E-state index is 2.25. The molecule has 0 saturated heterocycles. The summed E-state index contributed by atoms with van der Waals surface area (Å²) in [6, 6.07) is 8.72. The average Bonchev–Trinajstić information content (AvgIpc) is 2.31. The van der Waals surface area contributed by atoms with Gasteiger partial charge in [-0.2, -0.15) is 0 Å². The molecule has 0 spiro atoms. The number of hydrogen-bond donors (Lipinski definition) is 0. The van der Waals surface area contributed by atoms with Gasteiger partial charge in [0.2, 0.25) is 0 Å². The average molecular weight is 214 g/mol. The molecule has 1 aromatic rings. The molecule has 86 valence electrons. The van der Waals surface area contributed by atoms with Crippen molar-refractivity contribution in [2.24, 2.45) is 0 Å². The highest BCUT2D eigenvalue weighted by Gasteiger charge is 2.02. The normalized spacial score (nSPS) is 13.8. The predicted octanol–water partition coefficient (Wildman–Crippen LogP) is 5.14. The molecule has 1 aliphatic carbocycles. The monoisotopic (exact) mass is 214 g/mol. The lowest BCUT2D eigenvalue weighted by molar-refractivity contribution is 1.05. The van der Waals surface area contributed by atoms with Crippen LogP contribution in [0.2, 0.25) is 0 Å². The Morgan fingerprint density at radius 3 is 2.50 bits per heavy atom. The van der Waals surface area contributed by atoms with E-state index in [9.17, 15) is 0 Å². The first-order valence-electron chi connectivity index (χ1n) is 6.20. The van der Waals surface area contributed by atoms with Crippen molar-refractivity contribution in [3.8, 4) is 0 Å². The van der Waals surface area contributed by atoms with Crippen molar-refractivity contribution < 1.29 is 0 Å². The summed E-state index contributed by atoms with van der Waals surface area (Å²) < 4.78 is 0. The fourth-order valence-electron chi connectivity index (χ4n) is 1.69. The number of rotatable bonds is 1. The van der Waals surface area contributed by atoms with E-state index >= 15 is 0 Å².